The van der Waals surface area contributed by atoms with Crippen LogP contribution in [-0.2, 0) is 27.9 Å². The van der Waals surface area contributed by atoms with Gasteiger partial charge in [0.15, 0.2) is 0 Å². The molecule has 0 radical (unpaired) electrons. The molecule has 3 aromatic rings. The summed E-state index contributed by atoms with van der Waals surface area (Å²) in [5, 5.41) is 4.75. The molecule has 0 saturated carbocycles. The molecule has 1 amide bonds. The Balaban J connectivity index is 1.52. The van der Waals surface area contributed by atoms with Gasteiger partial charge < -0.3 is 9.73 Å². The number of thiophene rings is 1. The number of benzene rings is 1. The first-order valence-corrected chi connectivity index (χ1v) is 10.6. The monoisotopic (exact) mass is 388 g/mol. The predicted octanol–water partition coefficient (Wildman–Crippen LogP) is 3.59. The molecular weight excluding hydrogens is 368 g/mol. The minimum absolute atomic E-state index is 0.0491. The van der Waals surface area contributed by atoms with Crippen molar-refractivity contribution >= 4 is 28.0 Å². The van der Waals surface area contributed by atoms with Gasteiger partial charge in [-0.3, -0.25) is 9.00 Å². The van der Waals surface area contributed by atoms with E-state index in [0.29, 0.717) is 23.9 Å². The number of nitrogens with one attached hydrogen (secondary N) is 1. The van der Waals surface area contributed by atoms with Crippen molar-refractivity contribution in [2.75, 3.05) is 5.75 Å². The number of rotatable bonds is 7. The Kier molecular flexibility index (Phi) is 6.00. The minimum atomic E-state index is -1.34. The van der Waals surface area contributed by atoms with Crippen molar-refractivity contribution < 1.29 is 13.4 Å². The van der Waals surface area contributed by atoms with E-state index in [9.17, 15) is 9.00 Å². The quantitative estimate of drug-likeness (QED) is 0.671. The SMILES string of the molecule is Cc1ccc(CNC(=O)C[S@](=O)Cc2nc(-c3cccs3)oc2C)cc1. The average molecular weight is 389 g/mol. The maximum atomic E-state index is 12.3. The van der Waals surface area contributed by atoms with Crippen LogP contribution in [-0.4, -0.2) is 20.9 Å². The number of hydrogen-bond acceptors (Lipinski definition) is 5. The fourth-order valence-electron chi connectivity index (χ4n) is 2.37. The summed E-state index contributed by atoms with van der Waals surface area (Å²) in [7, 11) is -1.34. The van der Waals surface area contributed by atoms with E-state index in [0.717, 1.165) is 10.4 Å². The summed E-state index contributed by atoms with van der Waals surface area (Å²) in [5.74, 6) is 1.10. The van der Waals surface area contributed by atoms with Crippen molar-refractivity contribution in [3.05, 3.63) is 64.4 Å². The number of carbonyl (C=O) groups excluding carboxylic acids is 1. The summed E-state index contributed by atoms with van der Waals surface area (Å²) in [6.07, 6.45) is 0. The van der Waals surface area contributed by atoms with Crippen LogP contribution >= 0.6 is 11.3 Å². The molecular formula is C19H20N2O3S2. The fraction of sp³-hybridized carbons (Fsp3) is 0.263. The fourth-order valence-corrected chi connectivity index (χ4v) is 4.09. The second kappa shape index (κ2) is 8.42. The zero-order valence-corrected chi connectivity index (χ0v) is 16.3. The Morgan fingerprint density at radius 2 is 2.00 bits per heavy atom. The van der Waals surface area contributed by atoms with E-state index >= 15 is 0 Å². The molecule has 5 nitrogen and oxygen atoms in total. The van der Waals surface area contributed by atoms with E-state index in [-0.39, 0.29) is 17.4 Å². The van der Waals surface area contributed by atoms with Crippen molar-refractivity contribution in [2.45, 2.75) is 26.1 Å². The molecule has 0 fully saturated rings. The van der Waals surface area contributed by atoms with Gasteiger partial charge in [0.05, 0.1) is 16.3 Å². The molecule has 0 aliphatic rings. The summed E-state index contributed by atoms with van der Waals surface area (Å²) in [5.41, 5.74) is 2.83. The highest BCUT2D eigenvalue weighted by molar-refractivity contribution is 7.84. The number of oxazole rings is 1. The Morgan fingerprint density at radius 3 is 2.69 bits per heavy atom. The molecule has 1 aromatic carbocycles. The lowest BCUT2D eigenvalue weighted by atomic mass is 10.1. The van der Waals surface area contributed by atoms with Crippen LogP contribution in [0.25, 0.3) is 10.8 Å². The second-order valence-electron chi connectivity index (χ2n) is 5.99. The molecule has 2 heterocycles. The molecule has 26 heavy (non-hydrogen) atoms. The molecule has 3 rings (SSSR count). The molecule has 0 aliphatic heterocycles. The van der Waals surface area contributed by atoms with Crippen LogP contribution in [0.3, 0.4) is 0 Å². The summed E-state index contributed by atoms with van der Waals surface area (Å²) in [6, 6.07) is 11.8. The standard InChI is InChI=1S/C19H20N2O3S2/c1-13-5-7-15(8-6-13)10-20-18(22)12-26(23)11-16-14(2)24-19(21-16)17-4-3-9-25-17/h3-9H,10-12H2,1-2H3,(H,20,22)/t26-/m1/s1. The molecule has 0 aliphatic carbocycles. The van der Waals surface area contributed by atoms with Crippen LogP contribution < -0.4 is 5.32 Å². The van der Waals surface area contributed by atoms with Gasteiger partial charge in [0.1, 0.15) is 11.5 Å². The van der Waals surface area contributed by atoms with Gasteiger partial charge in [-0.05, 0) is 30.9 Å². The highest BCUT2D eigenvalue weighted by Gasteiger charge is 2.16. The highest BCUT2D eigenvalue weighted by atomic mass is 32.2. The first-order valence-electron chi connectivity index (χ1n) is 8.18. The molecule has 0 bridgehead atoms. The number of carbonyl (C=O) groups is 1. The molecule has 136 valence electrons. The van der Waals surface area contributed by atoms with Crippen molar-refractivity contribution in [1.29, 1.82) is 0 Å². The van der Waals surface area contributed by atoms with Crippen LogP contribution in [0, 0.1) is 13.8 Å². The van der Waals surface area contributed by atoms with Crippen molar-refractivity contribution in [1.82, 2.24) is 10.3 Å². The van der Waals surface area contributed by atoms with Crippen LogP contribution in [0.15, 0.2) is 46.2 Å². The summed E-state index contributed by atoms with van der Waals surface area (Å²) < 4.78 is 17.9. The van der Waals surface area contributed by atoms with Crippen LogP contribution in [0.2, 0.25) is 0 Å². The Labute approximate surface area is 158 Å². The molecule has 0 spiro atoms. The van der Waals surface area contributed by atoms with E-state index in [4.69, 9.17) is 4.42 Å². The number of aromatic nitrogens is 1. The van der Waals surface area contributed by atoms with Gasteiger partial charge in [0.25, 0.3) is 0 Å². The van der Waals surface area contributed by atoms with E-state index in [1.54, 1.807) is 6.92 Å². The molecule has 0 saturated heterocycles. The maximum Gasteiger partial charge on any atom is 0.236 e. The van der Waals surface area contributed by atoms with Crippen molar-refractivity contribution in [3.8, 4) is 10.8 Å². The third-order valence-electron chi connectivity index (χ3n) is 3.82. The smallest absolute Gasteiger partial charge is 0.236 e. The average Bonchev–Trinajstić information content (AvgIpc) is 3.25. The minimum Gasteiger partial charge on any atom is -0.440 e. The first-order chi connectivity index (χ1) is 12.5. The normalized spacial score (nSPS) is 12.1. The first kappa shape index (κ1) is 18.5. The Bertz CT molecular complexity index is 900. The lowest BCUT2D eigenvalue weighted by Gasteiger charge is -2.05. The summed E-state index contributed by atoms with van der Waals surface area (Å²) >= 11 is 1.54. The highest BCUT2D eigenvalue weighted by Crippen LogP contribution is 2.26. The topological polar surface area (TPSA) is 72.2 Å². The third kappa shape index (κ3) is 4.89. The zero-order valence-electron chi connectivity index (χ0n) is 14.7. The lowest BCUT2D eigenvalue weighted by Crippen LogP contribution is -2.28. The van der Waals surface area contributed by atoms with E-state index in [1.807, 2.05) is 48.7 Å². The molecule has 1 N–H and O–H groups in total. The van der Waals surface area contributed by atoms with Crippen LogP contribution in [0.1, 0.15) is 22.6 Å². The van der Waals surface area contributed by atoms with Gasteiger partial charge in [-0.1, -0.05) is 35.9 Å². The van der Waals surface area contributed by atoms with Crippen molar-refractivity contribution in [3.63, 3.8) is 0 Å². The van der Waals surface area contributed by atoms with Gasteiger partial charge in [0.2, 0.25) is 11.8 Å². The number of aryl methyl sites for hydroxylation is 2. The van der Waals surface area contributed by atoms with E-state index in [2.05, 4.69) is 10.3 Å². The molecule has 1 atom stereocenters. The van der Waals surface area contributed by atoms with Gasteiger partial charge in [-0.25, -0.2) is 4.98 Å². The maximum absolute atomic E-state index is 12.3. The van der Waals surface area contributed by atoms with Gasteiger partial charge >= 0.3 is 0 Å². The largest absolute Gasteiger partial charge is 0.440 e. The van der Waals surface area contributed by atoms with Gasteiger partial charge in [-0.15, -0.1) is 11.3 Å². The number of hydrogen-bond donors (Lipinski definition) is 1. The number of nitrogens with zero attached hydrogens (tertiary/aromatic N) is 1. The molecule has 2 aromatic heterocycles. The third-order valence-corrected chi connectivity index (χ3v) is 5.86. The van der Waals surface area contributed by atoms with Gasteiger partial charge in [0, 0.05) is 17.3 Å². The van der Waals surface area contributed by atoms with E-state index < -0.39 is 10.8 Å². The summed E-state index contributed by atoms with van der Waals surface area (Å²) in [4.78, 5) is 17.4. The molecule has 7 heteroatoms. The zero-order chi connectivity index (χ0) is 18.5. The molecule has 0 unspecified atom stereocenters. The van der Waals surface area contributed by atoms with E-state index in [1.165, 1.54) is 16.9 Å². The summed E-state index contributed by atoms with van der Waals surface area (Å²) in [6.45, 7) is 4.25. The number of amides is 1. The van der Waals surface area contributed by atoms with Crippen LogP contribution in [0.5, 0.6) is 0 Å². The Hall–Kier alpha value is -2.25. The van der Waals surface area contributed by atoms with Crippen LogP contribution in [0.4, 0.5) is 0 Å². The van der Waals surface area contributed by atoms with Gasteiger partial charge in [-0.2, -0.15) is 0 Å². The lowest BCUT2D eigenvalue weighted by molar-refractivity contribution is -0.118. The Morgan fingerprint density at radius 1 is 1.23 bits per heavy atom. The predicted molar refractivity (Wildman–Crippen MR) is 104 cm³/mol. The van der Waals surface area contributed by atoms with Crippen molar-refractivity contribution in [2.24, 2.45) is 0 Å². The second-order valence-corrected chi connectivity index (χ2v) is 8.39.